The molecule has 0 fully saturated rings. The molecule has 0 radical (unpaired) electrons. The molecule has 0 aliphatic heterocycles. The van der Waals surface area contributed by atoms with Crippen LogP contribution < -0.4 is 10.6 Å². The Kier molecular flexibility index (Phi) is 7.13. The first-order chi connectivity index (χ1) is 6.17. The molecule has 0 aliphatic rings. The maximum Gasteiger partial charge on any atom is 0.103 e. The summed E-state index contributed by atoms with van der Waals surface area (Å²) in [5.41, 5.74) is 0. The summed E-state index contributed by atoms with van der Waals surface area (Å²) in [6, 6.07) is 0.0671. The fourth-order valence-corrected chi connectivity index (χ4v) is 1.46. The van der Waals surface area contributed by atoms with Crippen LogP contribution in [0, 0.1) is 5.92 Å². The molecular formula is C9H21FN2O. The SMILES string of the molecule is CNCC(C(C)F)C(COC)NC. The Labute approximate surface area is 80.0 Å². The Morgan fingerprint density at radius 3 is 2.31 bits per heavy atom. The number of hydrogen-bond donors (Lipinski definition) is 2. The molecule has 80 valence electrons. The number of likely N-dealkylation sites (N-methyl/N-ethyl adjacent to an activating group) is 1. The van der Waals surface area contributed by atoms with Crippen LogP contribution in [0.25, 0.3) is 0 Å². The van der Waals surface area contributed by atoms with E-state index in [0.717, 1.165) is 0 Å². The Balaban J connectivity index is 4.11. The van der Waals surface area contributed by atoms with Crippen molar-refractivity contribution in [2.24, 2.45) is 5.92 Å². The van der Waals surface area contributed by atoms with Crippen molar-refractivity contribution in [3.63, 3.8) is 0 Å². The first-order valence-electron chi connectivity index (χ1n) is 4.62. The van der Waals surface area contributed by atoms with Crippen LogP contribution in [-0.4, -0.2) is 46.6 Å². The molecule has 0 aromatic carbocycles. The van der Waals surface area contributed by atoms with Gasteiger partial charge in [-0.2, -0.15) is 0 Å². The zero-order valence-corrected chi connectivity index (χ0v) is 8.93. The number of rotatable bonds is 7. The van der Waals surface area contributed by atoms with E-state index in [0.29, 0.717) is 13.2 Å². The predicted octanol–water partition coefficient (Wildman–Crippen LogP) is 0.414. The number of nitrogens with one attached hydrogen (secondary N) is 2. The van der Waals surface area contributed by atoms with E-state index >= 15 is 0 Å². The summed E-state index contributed by atoms with van der Waals surface area (Å²) in [7, 11) is 5.29. The van der Waals surface area contributed by atoms with Crippen molar-refractivity contribution < 1.29 is 9.13 Å². The molecule has 4 heteroatoms. The molecule has 13 heavy (non-hydrogen) atoms. The summed E-state index contributed by atoms with van der Waals surface area (Å²) in [6.07, 6.45) is -0.833. The summed E-state index contributed by atoms with van der Waals surface area (Å²) in [5, 5.41) is 6.05. The zero-order valence-electron chi connectivity index (χ0n) is 8.93. The molecule has 0 heterocycles. The standard InChI is InChI=1S/C9H21FN2O/c1-7(10)8(5-11-2)9(12-3)6-13-4/h7-9,11-12H,5-6H2,1-4H3. The van der Waals surface area contributed by atoms with E-state index < -0.39 is 6.17 Å². The Morgan fingerprint density at radius 2 is 2.00 bits per heavy atom. The van der Waals surface area contributed by atoms with Gasteiger partial charge in [0, 0.05) is 25.6 Å². The van der Waals surface area contributed by atoms with Gasteiger partial charge in [0.15, 0.2) is 0 Å². The fraction of sp³-hybridized carbons (Fsp3) is 1.00. The quantitative estimate of drug-likeness (QED) is 0.613. The van der Waals surface area contributed by atoms with Crippen LogP contribution in [-0.2, 0) is 4.74 Å². The van der Waals surface area contributed by atoms with E-state index in [1.165, 1.54) is 0 Å². The lowest BCUT2D eigenvalue weighted by Gasteiger charge is -2.27. The van der Waals surface area contributed by atoms with E-state index in [1.54, 1.807) is 14.0 Å². The molecule has 0 aromatic heterocycles. The van der Waals surface area contributed by atoms with Gasteiger partial charge in [0.2, 0.25) is 0 Å². The lowest BCUT2D eigenvalue weighted by atomic mass is 9.96. The monoisotopic (exact) mass is 192 g/mol. The van der Waals surface area contributed by atoms with Crippen LogP contribution in [0.3, 0.4) is 0 Å². The second-order valence-corrected chi connectivity index (χ2v) is 3.25. The molecule has 0 aromatic rings. The minimum atomic E-state index is -0.833. The third-order valence-electron chi connectivity index (χ3n) is 2.26. The summed E-state index contributed by atoms with van der Waals surface area (Å²) < 4.78 is 18.2. The molecule has 0 spiro atoms. The maximum absolute atomic E-state index is 13.2. The normalized spacial score (nSPS) is 18.2. The van der Waals surface area contributed by atoms with Gasteiger partial charge in [-0.25, -0.2) is 4.39 Å². The van der Waals surface area contributed by atoms with Gasteiger partial charge in [0.05, 0.1) is 6.61 Å². The fourth-order valence-electron chi connectivity index (χ4n) is 1.46. The highest BCUT2D eigenvalue weighted by molar-refractivity contribution is 4.80. The van der Waals surface area contributed by atoms with Crippen LogP contribution in [0.1, 0.15) is 6.92 Å². The molecular weight excluding hydrogens is 171 g/mol. The second-order valence-electron chi connectivity index (χ2n) is 3.25. The van der Waals surface area contributed by atoms with Crippen LogP contribution in [0.4, 0.5) is 4.39 Å². The van der Waals surface area contributed by atoms with E-state index in [4.69, 9.17) is 4.74 Å². The number of hydrogen-bond acceptors (Lipinski definition) is 3. The highest BCUT2D eigenvalue weighted by atomic mass is 19.1. The third kappa shape index (κ3) is 4.55. The van der Waals surface area contributed by atoms with Gasteiger partial charge in [0.1, 0.15) is 6.17 Å². The minimum Gasteiger partial charge on any atom is -0.383 e. The molecule has 0 saturated carbocycles. The highest BCUT2D eigenvalue weighted by Gasteiger charge is 2.24. The van der Waals surface area contributed by atoms with Crippen LogP contribution in [0.15, 0.2) is 0 Å². The van der Waals surface area contributed by atoms with Gasteiger partial charge in [-0.1, -0.05) is 0 Å². The summed E-state index contributed by atoms with van der Waals surface area (Å²) >= 11 is 0. The molecule has 3 atom stereocenters. The highest BCUT2D eigenvalue weighted by Crippen LogP contribution is 2.12. The lowest BCUT2D eigenvalue weighted by molar-refractivity contribution is 0.110. The molecule has 2 N–H and O–H groups in total. The van der Waals surface area contributed by atoms with Gasteiger partial charge in [0.25, 0.3) is 0 Å². The summed E-state index contributed by atoms with van der Waals surface area (Å²) in [6.45, 7) is 2.78. The van der Waals surface area contributed by atoms with E-state index in [1.807, 2.05) is 14.1 Å². The van der Waals surface area contributed by atoms with Crippen LogP contribution in [0.2, 0.25) is 0 Å². The van der Waals surface area contributed by atoms with Gasteiger partial charge in [-0.05, 0) is 21.0 Å². The smallest absolute Gasteiger partial charge is 0.103 e. The molecule has 3 unspecified atom stereocenters. The van der Waals surface area contributed by atoms with Gasteiger partial charge in [-0.15, -0.1) is 0 Å². The first kappa shape index (κ1) is 12.8. The molecule has 0 aliphatic carbocycles. The topological polar surface area (TPSA) is 33.3 Å². The van der Waals surface area contributed by atoms with Crippen LogP contribution >= 0.6 is 0 Å². The number of halogens is 1. The largest absolute Gasteiger partial charge is 0.383 e. The third-order valence-corrected chi connectivity index (χ3v) is 2.26. The van der Waals surface area contributed by atoms with Crippen molar-refractivity contribution in [2.45, 2.75) is 19.1 Å². The maximum atomic E-state index is 13.2. The Morgan fingerprint density at radius 1 is 1.38 bits per heavy atom. The molecule has 0 bridgehead atoms. The van der Waals surface area contributed by atoms with Gasteiger partial charge >= 0.3 is 0 Å². The van der Waals surface area contributed by atoms with E-state index in [2.05, 4.69) is 10.6 Å². The minimum absolute atomic E-state index is 0.0463. The van der Waals surface area contributed by atoms with E-state index in [-0.39, 0.29) is 12.0 Å². The average molecular weight is 192 g/mol. The number of methoxy groups -OCH3 is 1. The lowest BCUT2D eigenvalue weighted by Crippen LogP contribution is -2.45. The molecule has 0 amide bonds. The Bertz CT molecular complexity index is 122. The van der Waals surface area contributed by atoms with E-state index in [9.17, 15) is 4.39 Å². The molecule has 3 nitrogen and oxygen atoms in total. The number of alkyl halides is 1. The van der Waals surface area contributed by atoms with Crippen molar-refractivity contribution >= 4 is 0 Å². The van der Waals surface area contributed by atoms with Crippen molar-refractivity contribution in [2.75, 3.05) is 34.4 Å². The summed E-state index contributed by atoms with van der Waals surface area (Å²) in [4.78, 5) is 0. The number of ether oxygens (including phenoxy) is 1. The van der Waals surface area contributed by atoms with Crippen molar-refractivity contribution in [3.05, 3.63) is 0 Å². The first-order valence-corrected chi connectivity index (χ1v) is 4.62. The molecule has 0 saturated heterocycles. The van der Waals surface area contributed by atoms with Crippen molar-refractivity contribution in [1.29, 1.82) is 0 Å². The zero-order chi connectivity index (χ0) is 10.3. The van der Waals surface area contributed by atoms with Gasteiger partial charge in [-0.3, -0.25) is 0 Å². The average Bonchev–Trinajstić information content (AvgIpc) is 2.10. The second kappa shape index (κ2) is 7.24. The van der Waals surface area contributed by atoms with Gasteiger partial charge < -0.3 is 15.4 Å². The predicted molar refractivity (Wildman–Crippen MR) is 52.7 cm³/mol. The molecule has 0 rings (SSSR count). The summed E-state index contributed by atoms with van der Waals surface area (Å²) in [5.74, 6) is -0.0463. The Hall–Kier alpha value is -0.190. The van der Waals surface area contributed by atoms with Crippen molar-refractivity contribution in [1.82, 2.24) is 10.6 Å². The van der Waals surface area contributed by atoms with Crippen LogP contribution in [0.5, 0.6) is 0 Å². The van der Waals surface area contributed by atoms with Crippen molar-refractivity contribution in [3.8, 4) is 0 Å².